The molecule has 1 aromatic carbocycles. The molecule has 122 valence electrons. The molecule has 1 rings (SSSR count). The molecule has 22 heavy (non-hydrogen) atoms. The zero-order valence-electron chi connectivity index (χ0n) is 14.4. The molecular weight excluding hydrogens is 274 g/mol. The highest BCUT2D eigenvalue weighted by molar-refractivity contribution is 5.79. The molecule has 0 fully saturated rings. The first-order valence-corrected chi connectivity index (χ1v) is 7.78. The minimum Gasteiger partial charge on any atom is -0.496 e. The van der Waals surface area contributed by atoms with Gasteiger partial charge in [-0.3, -0.25) is 4.99 Å². The van der Waals surface area contributed by atoms with Crippen LogP contribution in [0.1, 0.15) is 24.0 Å². The summed E-state index contributed by atoms with van der Waals surface area (Å²) in [6.45, 7) is 7.66. The van der Waals surface area contributed by atoms with Gasteiger partial charge in [0.05, 0.1) is 7.11 Å². The Labute approximate surface area is 134 Å². The lowest BCUT2D eigenvalue weighted by Gasteiger charge is -2.22. The summed E-state index contributed by atoms with van der Waals surface area (Å²) in [5, 5.41) is 3.41. The van der Waals surface area contributed by atoms with Crippen molar-refractivity contribution in [3.63, 3.8) is 0 Å². The van der Waals surface area contributed by atoms with E-state index >= 15 is 0 Å². The number of ether oxygens (including phenoxy) is 1. The molecule has 4 heteroatoms. The maximum atomic E-state index is 5.42. The van der Waals surface area contributed by atoms with E-state index in [1.165, 1.54) is 11.1 Å². The van der Waals surface area contributed by atoms with Crippen LogP contribution in [-0.2, 0) is 6.42 Å². The van der Waals surface area contributed by atoms with Gasteiger partial charge in [0.2, 0.25) is 0 Å². The first-order chi connectivity index (χ1) is 10.6. The molecule has 4 nitrogen and oxygen atoms in total. The summed E-state index contributed by atoms with van der Waals surface area (Å²) in [5.74, 6) is 1.87. The molecule has 0 aliphatic rings. The lowest BCUT2D eigenvalue weighted by Crippen LogP contribution is -2.40. The smallest absolute Gasteiger partial charge is 0.193 e. The molecule has 0 saturated heterocycles. The van der Waals surface area contributed by atoms with Crippen LogP contribution in [0, 0.1) is 6.92 Å². The second-order valence-corrected chi connectivity index (χ2v) is 5.39. The Morgan fingerprint density at radius 1 is 1.45 bits per heavy atom. The Hall–Kier alpha value is -1.97. The number of rotatable bonds is 8. The Morgan fingerprint density at radius 3 is 2.86 bits per heavy atom. The van der Waals surface area contributed by atoms with Gasteiger partial charge >= 0.3 is 0 Å². The van der Waals surface area contributed by atoms with Gasteiger partial charge in [0.15, 0.2) is 5.96 Å². The van der Waals surface area contributed by atoms with Crippen molar-refractivity contribution in [3.8, 4) is 5.75 Å². The summed E-state index contributed by atoms with van der Waals surface area (Å²) in [6.07, 6.45) is 4.98. The number of benzene rings is 1. The van der Waals surface area contributed by atoms with Crippen LogP contribution in [0.2, 0.25) is 0 Å². The van der Waals surface area contributed by atoms with Gasteiger partial charge in [-0.15, -0.1) is 6.58 Å². The molecule has 0 bridgehead atoms. The number of allylic oxidation sites excluding steroid dienone is 1. The molecule has 0 amide bonds. The predicted molar refractivity (Wildman–Crippen MR) is 94.9 cm³/mol. The molecule has 0 saturated carbocycles. The van der Waals surface area contributed by atoms with Gasteiger partial charge in [0.25, 0.3) is 0 Å². The zero-order chi connectivity index (χ0) is 16.4. The van der Waals surface area contributed by atoms with Crippen LogP contribution in [0.4, 0.5) is 0 Å². The summed E-state index contributed by atoms with van der Waals surface area (Å²) in [7, 11) is 5.60. The van der Waals surface area contributed by atoms with Crippen molar-refractivity contribution in [2.45, 2.75) is 26.2 Å². The van der Waals surface area contributed by atoms with E-state index in [9.17, 15) is 0 Å². The molecule has 0 spiro atoms. The molecular formula is C18H29N3O. The Kier molecular flexibility index (Phi) is 8.11. The van der Waals surface area contributed by atoms with Crippen LogP contribution in [0.25, 0.3) is 0 Å². The molecule has 0 atom stereocenters. The maximum Gasteiger partial charge on any atom is 0.193 e. The average Bonchev–Trinajstić information content (AvgIpc) is 2.52. The lowest BCUT2D eigenvalue weighted by atomic mass is 10.1. The number of hydrogen-bond acceptors (Lipinski definition) is 2. The van der Waals surface area contributed by atoms with E-state index in [0.717, 1.165) is 44.1 Å². The van der Waals surface area contributed by atoms with Gasteiger partial charge in [-0.2, -0.15) is 0 Å². The van der Waals surface area contributed by atoms with Crippen LogP contribution in [0.15, 0.2) is 35.8 Å². The van der Waals surface area contributed by atoms with Gasteiger partial charge < -0.3 is 15.0 Å². The summed E-state index contributed by atoms with van der Waals surface area (Å²) in [4.78, 5) is 6.48. The number of nitrogens with zero attached hydrogens (tertiary/aromatic N) is 2. The van der Waals surface area contributed by atoms with Crippen molar-refractivity contribution in [1.82, 2.24) is 10.2 Å². The molecule has 0 heterocycles. The molecule has 0 aromatic heterocycles. The second kappa shape index (κ2) is 9.87. The summed E-state index contributed by atoms with van der Waals surface area (Å²) in [6, 6.07) is 6.28. The number of aliphatic imine (C=N–C) groups is 1. The monoisotopic (exact) mass is 303 g/mol. The number of hydrogen-bond donors (Lipinski definition) is 1. The van der Waals surface area contributed by atoms with Crippen LogP contribution in [0.5, 0.6) is 5.75 Å². The van der Waals surface area contributed by atoms with E-state index in [4.69, 9.17) is 4.74 Å². The fraction of sp³-hybridized carbons (Fsp3) is 0.500. The largest absolute Gasteiger partial charge is 0.496 e. The third-order valence-corrected chi connectivity index (χ3v) is 3.59. The summed E-state index contributed by atoms with van der Waals surface area (Å²) < 4.78 is 5.42. The topological polar surface area (TPSA) is 36.9 Å². The quantitative estimate of drug-likeness (QED) is 0.347. The Morgan fingerprint density at radius 2 is 2.23 bits per heavy atom. The Bertz CT molecular complexity index is 497. The number of aryl methyl sites for hydroxylation is 1. The van der Waals surface area contributed by atoms with Crippen molar-refractivity contribution < 1.29 is 4.74 Å². The van der Waals surface area contributed by atoms with E-state index in [1.54, 1.807) is 7.11 Å². The van der Waals surface area contributed by atoms with Crippen LogP contribution in [-0.4, -0.2) is 45.2 Å². The van der Waals surface area contributed by atoms with Gasteiger partial charge in [-0.05, 0) is 37.8 Å². The Balaban J connectivity index is 2.51. The highest BCUT2D eigenvalue weighted by Gasteiger charge is 2.07. The molecule has 0 aliphatic heterocycles. The normalized spacial score (nSPS) is 11.2. The van der Waals surface area contributed by atoms with Crippen molar-refractivity contribution in [2.24, 2.45) is 4.99 Å². The molecule has 0 radical (unpaired) electrons. The van der Waals surface area contributed by atoms with Crippen molar-refractivity contribution in [1.29, 1.82) is 0 Å². The van der Waals surface area contributed by atoms with Crippen molar-refractivity contribution in [2.75, 3.05) is 34.3 Å². The maximum absolute atomic E-state index is 5.42. The van der Waals surface area contributed by atoms with Crippen molar-refractivity contribution >= 4 is 5.96 Å². The fourth-order valence-electron chi connectivity index (χ4n) is 2.38. The lowest BCUT2D eigenvalue weighted by molar-refractivity contribution is 0.409. The van der Waals surface area contributed by atoms with Crippen molar-refractivity contribution in [3.05, 3.63) is 42.0 Å². The standard InChI is InChI=1S/C18H29N3O/c1-6-7-8-13-21(4)18(19-3)20-12-11-16-14-15(2)9-10-17(16)22-5/h6,9-10,14H,1,7-8,11-13H2,2-5H3,(H,19,20). The summed E-state index contributed by atoms with van der Waals surface area (Å²) >= 11 is 0. The average molecular weight is 303 g/mol. The number of guanidine groups is 1. The molecule has 1 N–H and O–H groups in total. The first-order valence-electron chi connectivity index (χ1n) is 7.78. The van der Waals surface area contributed by atoms with Gasteiger partial charge in [0.1, 0.15) is 5.75 Å². The molecule has 0 unspecified atom stereocenters. The van der Waals surface area contributed by atoms with E-state index in [0.29, 0.717) is 0 Å². The van der Waals surface area contributed by atoms with Crippen LogP contribution < -0.4 is 10.1 Å². The van der Waals surface area contributed by atoms with Gasteiger partial charge in [-0.1, -0.05) is 23.8 Å². The summed E-state index contributed by atoms with van der Waals surface area (Å²) in [5.41, 5.74) is 2.47. The van der Waals surface area contributed by atoms with E-state index in [2.05, 4.69) is 47.9 Å². The number of methoxy groups -OCH3 is 1. The fourth-order valence-corrected chi connectivity index (χ4v) is 2.38. The SMILES string of the molecule is C=CCCCN(C)C(=NC)NCCc1cc(C)ccc1OC. The first kappa shape index (κ1) is 18.1. The zero-order valence-corrected chi connectivity index (χ0v) is 14.4. The molecule has 1 aromatic rings. The second-order valence-electron chi connectivity index (χ2n) is 5.39. The highest BCUT2D eigenvalue weighted by Crippen LogP contribution is 2.19. The van der Waals surface area contributed by atoms with E-state index < -0.39 is 0 Å². The molecule has 0 aliphatic carbocycles. The van der Waals surface area contributed by atoms with Gasteiger partial charge in [0, 0.05) is 27.2 Å². The minimum atomic E-state index is 0.832. The minimum absolute atomic E-state index is 0.832. The van der Waals surface area contributed by atoms with Crippen LogP contribution in [0.3, 0.4) is 0 Å². The van der Waals surface area contributed by atoms with E-state index in [-0.39, 0.29) is 0 Å². The third-order valence-electron chi connectivity index (χ3n) is 3.59. The van der Waals surface area contributed by atoms with E-state index in [1.807, 2.05) is 19.2 Å². The van der Waals surface area contributed by atoms with Crippen LogP contribution >= 0.6 is 0 Å². The van der Waals surface area contributed by atoms with Gasteiger partial charge in [-0.25, -0.2) is 0 Å². The predicted octanol–water partition coefficient (Wildman–Crippen LogP) is 3.02. The number of unbranched alkanes of at least 4 members (excludes halogenated alkanes) is 1. The highest BCUT2D eigenvalue weighted by atomic mass is 16.5. The third kappa shape index (κ3) is 5.80. The number of nitrogens with one attached hydrogen (secondary N) is 1.